The van der Waals surface area contributed by atoms with Crippen LogP contribution in [0.4, 0.5) is 0 Å². The number of nitrogens with zero attached hydrogens (tertiary/aromatic N) is 3. The molecule has 0 aliphatic carbocycles. The van der Waals surface area contributed by atoms with Gasteiger partial charge in [0.1, 0.15) is 5.75 Å². The third-order valence-corrected chi connectivity index (χ3v) is 8.11. The van der Waals surface area contributed by atoms with Gasteiger partial charge in [0.05, 0.1) is 25.4 Å². The summed E-state index contributed by atoms with van der Waals surface area (Å²) in [5.74, 6) is -0.115. The average Bonchev–Trinajstić information content (AvgIpc) is 3.12. The molecule has 1 atom stereocenters. The number of aromatic nitrogens is 1. The Kier molecular flexibility index (Phi) is 7.75. The second kappa shape index (κ2) is 10.5. The number of thiazole rings is 1. The molecule has 1 aliphatic rings. The number of benzene rings is 2. The lowest BCUT2D eigenvalue weighted by Gasteiger charge is -2.29. The Hall–Kier alpha value is -2.14. The van der Waals surface area contributed by atoms with Crippen molar-refractivity contribution in [3.8, 4) is 5.75 Å². The van der Waals surface area contributed by atoms with E-state index in [0.717, 1.165) is 5.56 Å². The molecule has 0 radical (unpaired) electrons. The molecule has 1 aromatic heterocycles. The lowest BCUT2D eigenvalue weighted by atomic mass is 9.94. The normalized spacial score (nSPS) is 15.7. The number of amides is 1. The number of hydrogen-bond acceptors (Lipinski definition) is 5. The number of allylic oxidation sites excluding steroid dienone is 1. The van der Waals surface area contributed by atoms with Crippen LogP contribution in [0.2, 0.25) is 10.0 Å². The first-order valence-electron chi connectivity index (χ1n) is 10.9. The highest BCUT2D eigenvalue weighted by atomic mass is 127. The lowest BCUT2D eigenvalue weighted by molar-refractivity contribution is -0.127. The standard InChI is InChI=1S/C25H22Cl2IN3O3S/c1-4-30(5-2)24(34)20-13(3)29-25-31(21(20)14-6-8-16(26)9-7-14)23(33)19(35-25)11-15-10-17(27)12-18(28)22(15)32/h6-12,21,32H,4-5H2,1-3H3/b19-11+/t21-/m0/s1. The molecular formula is C25H22Cl2IN3O3S. The van der Waals surface area contributed by atoms with Crippen molar-refractivity contribution in [2.45, 2.75) is 26.8 Å². The van der Waals surface area contributed by atoms with Crippen LogP contribution < -0.4 is 14.9 Å². The zero-order valence-electron chi connectivity index (χ0n) is 19.2. The van der Waals surface area contributed by atoms with E-state index in [0.29, 0.717) is 52.9 Å². The Morgan fingerprint density at radius 2 is 1.86 bits per heavy atom. The van der Waals surface area contributed by atoms with Crippen LogP contribution in [0.15, 0.2) is 57.5 Å². The fourth-order valence-electron chi connectivity index (χ4n) is 4.07. The number of carbonyl (C=O) groups excluding carboxylic acids is 1. The number of aromatic hydroxyl groups is 1. The first-order valence-corrected chi connectivity index (χ1v) is 13.6. The maximum absolute atomic E-state index is 13.7. The zero-order chi connectivity index (χ0) is 25.4. The smallest absolute Gasteiger partial charge is 0.271 e. The van der Waals surface area contributed by atoms with E-state index in [2.05, 4.69) is 4.99 Å². The van der Waals surface area contributed by atoms with Gasteiger partial charge in [-0.05, 0) is 79.3 Å². The molecule has 1 N–H and O–H groups in total. The number of hydrogen-bond donors (Lipinski definition) is 1. The molecule has 35 heavy (non-hydrogen) atoms. The number of halogens is 3. The van der Waals surface area contributed by atoms with E-state index in [9.17, 15) is 14.7 Å². The second-order valence-corrected chi connectivity index (χ2v) is 11.0. The number of phenolic OH excluding ortho intramolecular Hbond substituents is 1. The van der Waals surface area contributed by atoms with Crippen molar-refractivity contribution >= 4 is 69.1 Å². The van der Waals surface area contributed by atoms with Gasteiger partial charge >= 0.3 is 0 Å². The van der Waals surface area contributed by atoms with E-state index in [1.165, 1.54) is 11.3 Å². The molecule has 1 aliphatic heterocycles. The minimum Gasteiger partial charge on any atom is -0.506 e. The summed E-state index contributed by atoms with van der Waals surface area (Å²) in [5, 5.41) is 11.5. The predicted molar refractivity (Wildman–Crippen MR) is 149 cm³/mol. The Morgan fingerprint density at radius 1 is 1.20 bits per heavy atom. The van der Waals surface area contributed by atoms with Crippen molar-refractivity contribution in [1.29, 1.82) is 0 Å². The molecule has 0 fully saturated rings. The summed E-state index contributed by atoms with van der Waals surface area (Å²) in [6, 6.07) is 9.72. The fraction of sp³-hybridized carbons (Fsp3) is 0.240. The van der Waals surface area contributed by atoms with Gasteiger partial charge in [0.2, 0.25) is 0 Å². The average molecular weight is 642 g/mol. The van der Waals surface area contributed by atoms with E-state index in [-0.39, 0.29) is 17.2 Å². The van der Waals surface area contributed by atoms with Gasteiger partial charge < -0.3 is 10.0 Å². The molecule has 0 saturated carbocycles. The van der Waals surface area contributed by atoms with Crippen LogP contribution >= 0.6 is 57.1 Å². The van der Waals surface area contributed by atoms with Crippen LogP contribution in [0.3, 0.4) is 0 Å². The van der Waals surface area contributed by atoms with Crippen molar-refractivity contribution in [3.63, 3.8) is 0 Å². The molecule has 0 spiro atoms. The molecule has 1 amide bonds. The van der Waals surface area contributed by atoms with Crippen molar-refractivity contribution in [1.82, 2.24) is 9.47 Å². The molecule has 6 nitrogen and oxygen atoms in total. The third-order valence-electron chi connectivity index (χ3n) is 5.83. The van der Waals surface area contributed by atoms with Crippen LogP contribution in [-0.2, 0) is 4.79 Å². The van der Waals surface area contributed by atoms with Crippen LogP contribution in [-0.4, -0.2) is 33.6 Å². The minimum absolute atomic E-state index is 0.0451. The molecule has 2 aromatic carbocycles. The van der Waals surface area contributed by atoms with E-state index in [4.69, 9.17) is 23.2 Å². The summed E-state index contributed by atoms with van der Waals surface area (Å²) in [6.45, 7) is 6.71. The zero-order valence-corrected chi connectivity index (χ0v) is 23.7. The molecule has 0 saturated heterocycles. The Morgan fingerprint density at radius 3 is 2.49 bits per heavy atom. The van der Waals surface area contributed by atoms with Crippen LogP contribution in [0.25, 0.3) is 6.08 Å². The van der Waals surface area contributed by atoms with E-state index in [1.807, 2.05) is 48.6 Å². The Labute approximate surface area is 230 Å². The molecule has 0 unspecified atom stereocenters. The van der Waals surface area contributed by atoms with E-state index < -0.39 is 6.04 Å². The monoisotopic (exact) mass is 641 g/mol. The SMILES string of the molecule is CCN(CC)C(=O)C1=C(C)N=c2s/c(=C/c3cc(Cl)cc(I)c3O)c(=O)n2[C@H]1c1ccc(Cl)cc1. The topological polar surface area (TPSA) is 74.9 Å². The largest absolute Gasteiger partial charge is 0.506 e. The van der Waals surface area contributed by atoms with Gasteiger partial charge in [-0.2, -0.15) is 0 Å². The Bertz CT molecular complexity index is 1520. The maximum Gasteiger partial charge on any atom is 0.271 e. The van der Waals surface area contributed by atoms with E-state index in [1.54, 1.807) is 46.7 Å². The number of carbonyl (C=O) groups is 1. The molecule has 10 heteroatoms. The highest BCUT2D eigenvalue weighted by Gasteiger charge is 2.34. The van der Waals surface area contributed by atoms with Crippen LogP contribution in [0.1, 0.15) is 37.9 Å². The number of phenols is 1. The van der Waals surface area contributed by atoms with Crippen LogP contribution in [0.5, 0.6) is 5.75 Å². The van der Waals surface area contributed by atoms with Crippen molar-refractivity contribution < 1.29 is 9.90 Å². The first-order chi connectivity index (χ1) is 16.7. The van der Waals surface area contributed by atoms with E-state index >= 15 is 0 Å². The van der Waals surface area contributed by atoms with Crippen molar-refractivity contribution in [3.05, 3.63) is 92.1 Å². The molecule has 182 valence electrons. The molecule has 3 aromatic rings. The van der Waals surface area contributed by atoms with Gasteiger partial charge in [0.15, 0.2) is 4.80 Å². The summed E-state index contributed by atoms with van der Waals surface area (Å²) in [4.78, 5) is 34.1. The number of fused-ring (bicyclic) bond motifs is 1. The summed E-state index contributed by atoms with van der Waals surface area (Å²) in [5.41, 5.74) is 1.91. The van der Waals surface area contributed by atoms with Crippen LogP contribution in [0, 0.1) is 3.57 Å². The lowest BCUT2D eigenvalue weighted by Crippen LogP contribution is -2.43. The van der Waals surface area contributed by atoms with Gasteiger partial charge in [0.25, 0.3) is 11.5 Å². The summed E-state index contributed by atoms with van der Waals surface area (Å²) < 4.78 is 2.51. The maximum atomic E-state index is 13.7. The number of rotatable bonds is 5. The summed E-state index contributed by atoms with van der Waals surface area (Å²) in [7, 11) is 0. The van der Waals surface area contributed by atoms with Crippen molar-refractivity contribution in [2.75, 3.05) is 13.1 Å². The predicted octanol–water partition coefficient (Wildman–Crippen LogP) is 4.72. The Balaban J connectivity index is 1.99. The van der Waals surface area contributed by atoms with Gasteiger partial charge in [-0.1, -0.05) is 46.7 Å². The van der Waals surface area contributed by atoms with Crippen molar-refractivity contribution in [2.24, 2.45) is 4.99 Å². The summed E-state index contributed by atoms with van der Waals surface area (Å²) >= 11 is 15.5. The molecular weight excluding hydrogens is 620 g/mol. The fourth-order valence-corrected chi connectivity index (χ4v) is 6.29. The third kappa shape index (κ3) is 4.94. The van der Waals surface area contributed by atoms with Gasteiger partial charge in [-0.25, -0.2) is 4.99 Å². The molecule has 2 heterocycles. The highest BCUT2D eigenvalue weighted by Crippen LogP contribution is 2.32. The highest BCUT2D eigenvalue weighted by molar-refractivity contribution is 14.1. The second-order valence-electron chi connectivity index (χ2n) is 7.94. The minimum atomic E-state index is -0.660. The quantitative estimate of drug-likeness (QED) is 0.410. The van der Waals surface area contributed by atoms with Gasteiger partial charge in [-0.3, -0.25) is 14.2 Å². The van der Waals surface area contributed by atoms with Gasteiger partial charge in [0, 0.05) is 28.7 Å². The molecule has 4 rings (SSSR count). The first kappa shape index (κ1) is 25.9. The number of likely N-dealkylation sites (N-methyl/N-ethyl adjacent to an activating group) is 1. The van der Waals surface area contributed by atoms with Gasteiger partial charge in [-0.15, -0.1) is 0 Å². The summed E-state index contributed by atoms with van der Waals surface area (Å²) in [6.07, 6.45) is 1.61. The molecule has 0 bridgehead atoms.